The second-order valence-corrected chi connectivity index (χ2v) is 5.49. The van der Waals surface area contributed by atoms with Crippen molar-refractivity contribution in [3.05, 3.63) is 29.3 Å². The Morgan fingerprint density at radius 3 is 2.79 bits per heavy atom. The monoisotopic (exact) mass is 259 g/mol. The highest BCUT2D eigenvalue weighted by Crippen LogP contribution is 2.24. The third-order valence-electron chi connectivity index (χ3n) is 3.90. The molecule has 1 aromatic rings. The molecule has 0 unspecified atom stereocenters. The molecule has 0 atom stereocenters. The van der Waals surface area contributed by atoms with Crippen molar-refractivity contribution < 1.29 is 4.79 Å². The van der Waals surface area contributed by atoms with Crippen LogP contribution in [0.25, 0.3) is 0 Å². The SMILES string of the molecule is CCCCCCCCC(=O)c1ccc2c(c1)NCC2. The van der Waals surface area contributed by atoms with Gasteiger partial charge in [0.2, 0.25) is 0 Å². The van der Waals surface area contributed by atoms with Gasteiger partial charge in [-0.1, -0.05) is 51.2 Å². The highest BCUT2D eigenvalue weighted by molar-refractivity contribution is 5.97. The number of anilines is 1. The fourth-order valence-electron chi connectivity index (χ4n) is 2.67. The highest BCUT2D eigenvalue weighted by Gasteiger charge is 2.13. The summed E-state index contributed by atoms with van der Waals surface area (Å²) in [5.74, 6) is 0.298. The summed E-state index contributed by atoms with van der Waals surface area (Å²) < 4.78 is 0. The fraction of sp³-hybridized carbons (Fsp3) is 0.588. The molecule has 2 rings (SSSR count). The van der Waals surface area contributed by atoms with Crippen molar-refractivity contribution in [3.8, 4) is 0 Å². The molecular formula is C17H25NO. The number of Topliss-reactive ketones (excluding diaryl/α,β-unsaturated/α-hetero) is 1. The zero-order valence-electron chi connectivity index (χ0n) is 12.0. The van der Waals surface area contributed by atoms with E-state index in [4.69, 9.17) is 0 Å². The number of hydrogen-bond acceptors (Lipinski definition) is 2. The van der Waals surface area contributed by atoms with Crippen LogP contribution in [-0.2, 0) is 6.42 Å². The first-order valence-electron chi connectivity index (χ1n) is 7.71. The lowest BCUT2D eigenvalue weighted by molar-refractivity contribution is 0.0979. The van der Waals surface area contributed by atoms with Crippen molar-refractivity contribution in [1.82, 2.24) is 0 Å². The molecule has 1 aromatic carbocycles. The third-order valence-corrected chi connectivity index (χ3v) is 3.90. The van der Waals surface area contributed by atoms with E-state index in [1.807, 2.05) is 12.1 Å². The minimum absolute atomic E-state index is 0.298. The van der Waals surface area contributed by atoms with Crippen molar-refractivity contribution in [1.29, 1.82) is 0 Å². The van der Waals surface area contributed by atoms with Crippen LogP contribution in [0.2, 0.25) is 0 Å². The molecule has 0 saturated heterocycles. The average molecular weight is 259 g/mol. The summed E-state index contributed by atoms with van der Waals surface area (Å²) in [6, 6.07) is 6.12. The minimum Gasteiger partial charge on any atom is -0.384 e. The van der Waals surface area contributed by atoms with E-state index in [2.05, 4.69) is 18.3 Å². The Balaban J connectivity index is 1.74. The van der Waals surface area contributed by atoms with Gasteiger partial charge in [0.1, 0.15) is 0 Å². The summed E-state index contributed by atoms with van der Waals surface area (Å²) in [5, 5.41) is 3.33. The van der Waals surface area contributed by atoms with Crippen molar-refractivity contribution in [2.45, 2.75) is 58.3 Å². The Bertz CT molecular complexity index is 425. The maximum atomic E-state index is 12.1. The highest BCUT2D eigenvalue weighted by atomic mass is 16.1. The van der Waals surface area contributed by atoms with Gasteiger partial charge >= 0.3 is 0 Å². The molecule has 0 spiro atoms. The maximum absolute atomic E-state index is 12.1. The molecule has 1 N–H and O–H groups in total. The van der Waals surface area contributed by atoms with Crippen molar-refractivity contribution in [3.63, 3.8) is 0 Å². The molecule has 0 bridgehead atoms. The first-order chi connectivity index (χ1) is 9.31. The van der Waals surface area contributed by atoms with Gasteiger partial charge < -0.3 is 5.32 Å². The van der Waals surface area contributed by atoms with Gasteiger partial charge in [0.15, 0.2) is 5.78 Å². The van der Waals surface area contributed by atoms with Gasteiger partial charge in [0.05, 0.1) is 0 Å². The summed E-state index contributed by atoms with van der Waals surface area (Å²) in [6.07, 6.45) is 9.19. The van der Waals surface area contributed by atoms with Crippen LogP contribution in [0, 0.1) is 0 Å². The van der Waals surface area contributed by atoms with E-state index in [9.17, 15) is 4.79 Å². The van der Waals surface area contributed by atoms with E-state index in [1.165, 1.54) is 37.7 Å². The lowest BCUT2D eigenvalue weighted by Crippen LogP contribution is -2.00. The van der Waals surface area contributed by atoms with Gasteiger partial charge in [-0.15, -0.1) is 0 Å². The number of benzene rings is 1. The Kier molecular flexibility index (Phi) is 5.44. The molecule has 0 aromatic heterocycles. The van der Waals surface area contributed by atoms with E-state index in [1.54, 1.807) is 0 Å². The van der Waals surface area contributed by atoms with Gasteiger partial charge in [0, 0.05) is 24.2 Å². The molecular weight excluding hydrogens is 234 g/mol. The van der Waals surface area contributed by atoms with Crippen LogP contribution in [0.5, 0.6) is 0 Å². The van der Waals surface area contributed by atoms with Crippen LogP contribution in [0.1, 0.15) is 67.8 Å². The Morgan fingerprint density at radius 1 is 1.16 bits per heavy atom. The summed E-state index contributed by atoms with van der Waals surface area (Å²) >= 11 is 0. The third kappa shape index (κ3) is 4.09. The molecule has 0 fully saturated rings. The molecule has 0 aliphatic carbocycles. The molecule has 2 heteroatoms. The minimum atomic E-state index is 0.298. The predicted molar refractivity (Wildman–Crippen MR) is 81.0 cm³/mol. The molecule has 1 heterocycles. The number of fused-ring (bicyclic) bond motifs is 1. The fourth-order valence-corrected chi connectivity index (χ4v) is 2.67. The Morgan fingerprint density at radius 2 is 1.95 bits per heavy atom. The zero-order valence-corrected chi connectivity index (χ0v) is 12.0. The average Bonchev–Trinajstić information content (AvgIpc) is 2.89. The van der Waals surface area contributed by atoms with E-state index in [-0.39, 0.29) is 0 Å². The van der Waals surface area contributed by atoms with Gasteiger partial charge in [0.25, 0.3) is 0 Å². The van der Waals surface area contributed by atoms with Crippen LogP contribution in [0.15, 0.2) is 18.2 Å². The largest absolute Gasteiger partial charge is 0.384 e. The van der Waals surface area contributed by atoms with Crippen LogP contribution >= 0.6 is 0 Å². The molecule has 2 nitrogen and oxygen atoms in total. The van der Waals surface area contributed by atoms with Crippen LogP contribution in [0.3, 0.4) is 0 Å². The zero-order chi connectivity index (χ0) is 13.5. The van der Waals surface area contributed by atoms with Gasteiger partial charge in [-0.3, -0.25) is 4.79 Å². The van der Waals surface area contributed by atoms with Gasteiger partial charge in [-0.25, -0.2) is 0 Å². The molecule has 1 aliphatic heterocycles. The second-order valence-electron chi connectivity index (χ2n) is 5.49. The normalized spacial score (nSPS) is 13.1. The molecule has 0 radical (unpaired) electrons. The number of carbonyl (C=O) groups excluding carboxylic acids is 1. The lowest BCUT2D eigenvalue weighted by Gasteiger charge is -2.05. The topological polar surface area (TPSA) is 29.1 Å². The molecule has 19 heavy (non-hydrogen) atoms. The number of ketones is 1. The second kappa shape index (κ2) is 7.32. The van der Waals surface area contributed by atoms with Crippen LogP contribution < -0.4 is 5.32 Å². The summed E-state index contributed by atoms with van der Waals surface area (Å²) in [4.78, 5) is 12.1. The number of carbonyl (C=O) groups is 1. The first kappa shape index (κ1) is 14.1. The smallest absolute Gasteiger partial charge is 0.162 e. The number of nitrogens with one attached hydrogen (secondary N) is 1. The molecule has 104 valence electrons. The standard InChI is InChI=1S/C17H25NO/c1-2-3-4-5-6-7-8-17(19)15-10-9-14-11-12-18-16(14)13-15/h9-10,13,18H,2-8,11-12H2,1H3. The van der Waals surface area contributed by atoms with Crippen LogP contribution in [0.4, 0.5) is 5.69 Å². The Hall–Kier alpha value is -1.31. The van der Waals surface area contributed by atoms with E-state index >= 15 is 0 Å². The number of hydrogen-bond donors (Lipinski definition) is 1. The van der Waals surface area contributed by atoms with Crippen LogP contribution in [-0.4, -0.2) is 12.3 Å². The van der Waals surface area contributed by atoms with E-state index in [0.717, 1.165) is 30.6 Å². The summed E-state index contributed by atoms with van der Waals surface area (Å²) in [5.41, 5.74) is 3.38. The number of rotatable bonds is 8. The first-order valence-corrected chi connectivity index (χ1v) is 7.71. The molecule has 1 aliphatic rings. The summed E-state index contributed by atoms with van der Waals surface area (Å²) in [6.45, 7) is 3.23. The van der Waals surface area contributed by atoms with Gasteiger partial charge in [-0.2, -0.15) is 0 Å². The molecule has 0 saturated carbocycles. The van der Waals surface area contributed by atoms with Crippen molar-refractivity contribution in [2.24, 2.45) is 0 Å². The lowest BCUT2D eigenvalue weighted by atomic mass is 10.0. The van der Waals surface area contributed by atoms with Gasteiger partial charge in [-0.05, 0) is 24.5 Å². The van der Waals surface area contributed by atoms with Crippen molar-refractivity contribution >= 4 is 11.5 Å². The maximum Gasteiger partial charge on any atom is 0.162 e. The number of unbranched alkanes of at least 4 members (excludes halogenated alkanes) is 5. The van der Waals surface area contributed by atoms with E-state index in [0.29, 0.717) is 12.2 Å². The Labute approximate surface area is 116 Å². The predicted octanol–water partition coefficient (Wildman–Crippen LogP) is 4.59. The van der Waals surface area contributed by atoms with Crippen molar-refractivity contribution in [2.75, 3.05) is 11.9 Å². The molecule has 0 amide bonds. The summed E-state index contributed by atoms with van der Waals surface area (Å²) in [7, 11) is 0. The quantitative estimate of drug-likeness (QED) is 0.546. The van der Waals surface area contributed by atoms with E-state index < -0.39 is 0 Å².